The van der Waals surface area contributed by atoms with E-state index in [0.29, 0.717) is 0 Å². The Hall–Kier alpha value is -1.83. The van der Waals surface area contributed by atoms with E-state index in [0.717, 1.165) is 55.2 Å². The molecule has 0 aromatic carbocycles. The van der Waals surface area contributed by atoms with Crippen molar-refractivity contribution in [3.63, 3.8) is 0 Å². The summed E-state index contributed by atoms with van der Waals surface area (Å²) in [4.78, 5) is 6.56. The Balaban J connectivity index is 1.47. The first-order valence-electron chi connectivity index (χ1n) is 9.72. The van der Waals surface area contributed by atoms with Crippen LogP contribution in [0.2, 0.25) is 0 Å². The van der Waals surface area contributed by atoms with Crippen LogP contribution in [0.4, 0.5) is 0 Å². The Labute approximate surface area is 170 Å². The highest BCUT2D eigenvalue weighted by Crippen LogP contribution is 2.16. The summed E-state index contributed by atoms with van der Waals surface area (Å²) in [7, 11) is 5.96. The molecule has 2 aromatic heterocycles. The minimum absolute atomic E-state index is 0.805. The molecule has 2 aromatic rings. The van der Waals surface area contributed by atoms with Crippen LogP contribution in [-0.2, 0) is 33.0 Å². The van der Waals surface area contributed by atoms with Gasteiger partial charge in [-0.25, -0.2) is 0 Å². The molecular weight excluding hydrogens is 406 g/mol. The number of aryl methyl sites for hydroxylation is 3. The van der Waals surface area contributed by atoms with Crippen LogP contribution in [-0.4, -0.2) is 50.8 Å². The van der Waals surface area contributed by atoms with Crippen molar-refractivity contribution in [1.29, 1.82) is 0 Å². The molecule has 0 spiro atoms. The van der Waals surface area contributed by atoms with Gasteiger partial charge in [0.1, 0.15) is 11.6 Å². The fourth-order valence-corrected chi connectivity index (χ4v) is 4.17. The molecule has 0 bridgehead atoms. The summed E-state index contributed by atoms with van der Waals surface area (Å²) < 4.78 is 5.57. The van der Waals surface area contributed by atoms with Crippen molar-refractivity contribution in [2.45, 2.75) is 51.6 Å². The summed E-state index contributed by atoms with van der Waals surface area (Å²) in [6.45, 7) is 2.75. The van der Waals surface area contributed by atoms with Crippen molar-refractivity contribution in [1.82, 2.24) is 29.5 Å². The minimum atomic E-state index is 0.805. The molecule has 1 aliphatic rings. The first kappa shape index (κ1) is 19.9. The van der Waals surface area contributed by atoms with Crippen LogP contribution in [0.5, 0.6) is 0 Å². The van der Waals surface area contributed by atoms with Gasteiger partial charge in [-0.3, -0.25) is 4.99 Å². The Morgan fingerprint density at radius 1 is 1.33 bits per heavy atom. The molecule has 27 heavy (non-hydrogen) atoms. The Bertz CT molecular complexity index is 777. The highest BCUT2D eigenvalue weighted by molar-refractivity contribution is 9.10. The Kier molecular flexibility index (Phi) is 6.93. The van der Waals surface area contributed by atoms with Crippen LogP contribution in [0.15, 0.2) is 21.7 Å². The second-order valence-electron chi connectivity index (χ2n) is 7.19. The average molecular weight is 436 g/mol. The maximum atomic E-state index is 4.42. The topological polar surface area (TPSA) is 63.3 Å². The smallest absolute Gasteiger partial charge is 0.193 e. The van der Waals surface area contributed by atoms with Crippen molar-refractivity contribution >= 4 is 21.9 Å². The zero-order valence-electron chi connectivity index (χ0n) is 16.6. The number of nitrogens with one attached hydrogen (secondary N) is 1. The maximum absolute atomic E-state index is 4.42. The van der Waals surface area contributed by atoms with Crippen molar-refractivity contribution < 1.29 is 0 Å². The van der Waals surface area contributed by atoms with Crippen LogP contribution >= 0.6 is 15.9 Å². The lowest BCUT2D eigenvalue weighted by Crippen LogP contribution is -2.39. The van der Waals surface area contributed by atoms with Gasteiger partial charge in [0.2, 0.25) is 0 Å². The van der Waals surface area contributed by atoms with Crippen LogP contribution < -0.4 is 5.32 Å². The molecular formula is C19H30BrN7. The Morgan fingerprint density at radius 2 is 2.19 bits per heavy atom. The molecule has 1 aliphatic heterocycles. The number of halogens is 1. The quantitative estimate of drug-likeness (QED) is 0.430. The van der Waals surface area contributed by atoms with Gasteiger partial charge in [0.05, 0.1) is 6.54 Å². The molecule has 0 aliphatic carbocycles. The van der Waals surface area contributed by atoms with Crippen LogP contribution in [0.1, 0.15) is 43.0 Å². The van der Waals surface area contributed by atoms with Gasteiger partial charge < -0.3 is 19.4 Å². The first-order valence-corrected chi connectivity index (χ1v) is 10.5. The summed E-state index contributed by atoms with van der Waals surface area (Å²) >= 11 is 3.53. The van der Waals surface area contributed by atoms with E-state index in [4.69, 9.17) is 0 Å². The van der Waals surface area contributed by atoms with Gasteiger partial charge in [-0.1, -0.05) is 6.42 Å². The minimum Gasteiger partial charge on any atom is -0.356 e. The zero-order chi connectivity index (χ0) is 19.2. The van der Waals surface area contributed by atoms with E-state index >= 15 is 0 Å². The number of aromatic nitrogens is 4. The highest BCUT2D eigenvalue weighted by Gasteiger charge is 2.14. The van der Waals surface area contributed by atoms with Crippen molar-refractivity contribution in [2.75, 3.05) is 20.6 Å². The van der Waals surface area contributed by atoms with Gasteiger partial charge >= 0.3 is 0 Å². The molecule has 7 nitrogen and oxygen atoms in total. The largest absolute Gasteiger partial charge is 0.356 e. The molecule has 0 saturated heterocycles. The van der Waals surface area contributed by atoms with Gasteiger partial charge in [0.15, 0.2) is 5.96 Å². The maximum Gasteiger partial charge on any atom is 0.193 e. The lowest BCUT2D eigenvalue weighted by molar-refractivity contribution is 0.460. The van der Waals surface area contributed by atoms with Gasteiger partial charge in [0, 0.05) is 63.4 Å². The van der Waals surface area contributed by atoms with Crippen LogP contribution in [0, 0.1) is 0 Å². The summed E-state index contributed by atoms with van der Waals surface area (Å²) in [6, 6.07) is 2.14. The SMILES string of the molecule is CN=C(NCCCc1nnc2n1CCCCC2)N(C)Cc1cc(Br)cn1C. The monoisotopic (exact) mass is 435 g/mol. The number of rotatable bonds is 6. The number of aliphatic imine (C=N–C) groups is 1. The van der Waals surface area contributed by atoms with Crippen LogP contribution in [0.25, 0.3) is 0 Å². The fraction of sp³-hybridized carbons (Fsp3) is 0.632. The molecule has 0 saturated carbocycles. The third-order valence-corrected chi connectivity index (χ3v) is 5.53. The lowest BCUT2D eigenvalue weighted by Gasteiger charge is -2.22. The fourth-order valence-electron chi connectivity index (χ4n) is 3.60. The second kappa shape index (κ2) is 9.39. The molecule has 148 valence electrons. The number of hydrogen-bond donors (Lipinski definition) is 1. The van der Waals surface area contributed by atoms with Crippen molar-refractivity contribution in [3.05, 3.63) is 34.1 Å². The average Bonchev–Trinajstić information content (AvgIpc) is 3.07. The molecule has 0 amide bonds. The van der Waals surface area contributed by atoms with Gasteiger partial charge in [0.25, 0.3) is 0 Å². The van der Waals surface area contributed by atoms with E-state index in [9.17, 15) is 0 Å². The lowest BCUT2D eigenvalue weighted by atomic mass is 10.2. The molecule has 0 fully saturated rings. The van der Waals surface area contributed by atoms with E-state index in [-0.39, 0.29) is 0 Å². The third kappa shape index (κ3) is 5.12. The van der Waals surface area contributed by atoms with Gasteiger partial charge in [-0.05, 0) is 41.3 Å². The van der Waals surface area contributed by atoms with E-state index in [1.165, 1.54) is 30.8 Å². The van der Waals surface area contributed by atoms with E-state index < -0.39 is 0 Å². The summed E-state index contributed by atoms with van der Waals surface area (Å²) in [5, 5.41) is 12.3. The molecule has 3 rings (SSSR count). The normalized spacial score (nSPS) is 14.7. The second-order valence-corrected chi connectivity index (χ2v) is 8.10. The number of fused-ring (bicyclic) bond motifs is 1. The van der Waals surface area contributed by atoms with Crippen molar-refractivity contribution in [3.8, 4) is 0 Å². The first-order chi connectivity index (χ1) is 13.1. The predicted octanol–water partition coefficient (Wildman–Crippen LogP) is 2.75. The summed E-state index contributed by atoms with van der Waals surface area (Å²) in [6.07, 6.45) is 8.87. The molecule has 0 atom stereocenters. The standard InChI is InChI=1S/C19H30BrN7/c1-21-19(26(3)14-16-12-15(20)13-25(16)2)22-10-7-9-18-24-23-17-8-5-4-6-11-27(17)18/h12-13H,4-11,14H2,1-3H3,(H,21,22). The summed E-state index contributed by atoms with van der Waals surface area (Å²) in [5.74, 6) is 3.21. The van der Waals surface area contributed by atoms with Crippen molar-refractivity contribution in [2.24, 2.45) is 12.0 Å². The van der Waals surface area contributed by atoms with Crippen LogP contribution in [0.3, 0.4) is 0 Å². The summed E-state index contributed by atoms with van der Waals surface area (Å²) in [5.41, 5.74) is 1.23. The molecule has 1 N–H and O–H groups in total. The van der Waals surface area contributed by atoms with Gasteiger partial charge in [-0.15, -0.1) is 10.2 Å². The molecule has 0 unspecified atom stereocenters. The highest BCUT2D eigenvalue weighted by atomic mass is 79.9. The van der Waals surface area contributed by atoms with Gasteiger partial charge in [-0.2, -0.15) is 0 Å². The van der Waals surface area contributed by atoms with E-state index in [1.807, 2.05) is 7.05 Å². The molecule has 3 heterocycles. The Morgan fingerprint density at radius 3 is 2.93 bits per heavy atom. The molecule has 8 heteroatoms. The van der Waals surface area contributed by atoms with E-state index in [2.05, 4.69) is 76.8 Å². The molecule has 0 radical (unpaired) electrons. The van der Waals surface area contributed by atoms with E-state index in [1.54, 1.807) is 0 Å². The predicted molar refractivity (Wildman–Crippen MR) is 112 cm³/mol. The number of guanidine groups is 1. The zero-order valence-corrected chi connectivity index (χ0v) is 18.2. The number of nitrogens with zero attached hydrogens (tertiary/aromatic N) is 6. The third-order valence-electron chi connectivity index (χ3n) is 5.09. The number of hydrogen-bond acceptors (Lipinski definition) is 3.